The summed E-state index contributed by atoms with van der Waals surface area (Å²) in [4.78, 5) is 0. The van der Waals surface area contributed by atoms with Crippen molar-refractivity contribution < 1.29 is 0 Å². The Balaban J connectivity index is 3.01. The molecule has 0 nitrogen and oxygen atoms in total. The topological polar surface area (TPSA) is 0 Å². The molecule has 35 heavy (non-hydrogen) atoms. The normalized spacial score (nSPS) is 14.4. The van der Waals surface area contributed by atoms with E-state index in [-0.39, 0.29) is 32.5 Å². The summed E-state index contributed by atoms with van der Waals surface area (Å²) in [5.74, 6) is 0. The molecule has 0 amide bonds. The van der Waals surface area contributed by atoms with Gasteiger partial charge in [-0.15, -0.1) is 0 Å². The van der Waals surface area contributed by atoms with Gasteiger partial charge in [-0.25, -0.2) is 0 Å². The smallest absolute Gasteiger partial charge is 0.0149 e. The predicted octanol–water partition coefficient (Wildman–Crippen LogP) is 10.5. The Morgan fingerprint density at radius 1 is 0.343 bits per heavy atom. The SMILES string of the molecule is CC(C)(C)c1ccc(C(C)(C)c2ccc(C(C)(C)C)c(C(C)(C)C)c2C(C)(C)C)cc1C(C)(C)C. The van der Waals surface area contributed by atoms with E-state index in [9.17, 15) is 0 Å². The maximum Gasteiger partial charge on any atom is 0.0149 e. The van der Waals surface area contributed by atoms with Crippen LogP contribution in [0.5, 0.6) is 0 Å². The molecule has 0 radical (unpaired) electrons. The van der Waals surface area contributed by atoms with Crippen LogP contribution in [0.15, 0.2) is 30.3 Å². The van der Waals surface area contributed by atoms with Crippen LogP contribution in [0.2, 0.25) is 0 Å². The molecule has 0 saturated heterocycles. The molecule has 0 N–H and O–H groups in total. The number of rotatable bonds is 2. The van der Waals surface area contributed by atoms with Crippen molar-refractivity contribution in [2.45, 2.75) is 150 Å². The van der Waals surface area contributed by atoms with E-state index in [1.54, 1.807) is 0 Å². The molecule has 0 saturated carbocycles. The van der Waals surface area contributed by atoms with Gasteiger partial charge in [0.15, 0.2) is 0 Å². The van der Waals surface area contributed by atoms with Gasteiger partial charge in [0.2, 0.25) is 0 Å². The molecule has 0 heteroatoms. The summed E-state index contributed by atoms with van der Waals surface area (Å²) in [5, 5.41) is 0. The second kappa shape index (κ2) is 8.78. The molecule has 0 aromatic heterocycles. The van der Waals surface area contributed by atoms with E-state index in [4.69, 9.17) is 0 Å². The Kier molecular flexibility index (Phi) is 7.44. The summed E-state index contributed by atoms with van der Waals surface area (Å²) >= 11 is 0. The van der Waals surface area contributed by atoms with Crippen molar-refractivity contribution in [1.29, 1.82) is 0 Å². The molecule has 0 heterocycles. The first-order valence-corrected chi connectivity index (χ1v) is 13.6. The lowest BCUT2D eigenvalue weighted by Gasteiger charge is -2.42. The summed E-state index contributed by atoms with van der Waals surface area (Å²) in [5.41, 5.74) is 10.6. The maximum absolute atomic E-state index is 2.52. The van der Waals surface area contributed by atoms with Crippen LogP contribution in [0.1, 0.15) is 157 Å². The molecule has 0 aliphatic heterocycles. The van der Waals surface area contributed by atoms with Crippen LogP contribution in [0.25, 0.3) is 0 Å². The highest BCUT2D eigenvalue weighted by molar-refractivity contribution is 5.56. The minimum absolute atomic E-state index is 0.0364. The van der Waals surface area contributed by atoms with E-state index in [1.165, 1.54) is 38.9 Å². The highest BCUT2D eigenvalue weighted by atomic mass is 14.4. The van der Waals surface area contributed by atoms with E-state index < -0.39 is 0 Å². The van der Waals surface area contributed by atoms with E-state index in [0.29, 0.717) is 0 Å². The minimum Gasteiger partial charge on any atom is -0.0579 e. The van der Waals surface area contributed by atoms with Crippen molar-refractivity contribution >= 4 is 0 Å². The molecule has 0 aliphatic carbocycles. The number of benzene rings is 2. The third kappa shape index (κ3) is 6.06. The molecule has 0 atom stereocenters. The summed E-state index contributed by atoms with van der Waals surface area (Å²) in [6.07, 6.45) is 0. The van der Waals surface area contributed by atoms with E-state index in [0.717, 1.165) is 0 Å². The van der Waals surface area contributed by atoms with E-state index in [1.807, 2.05) is 0 Å². The zero-order valence-corrected chi connectivity index (χ0v) is 26.4. The molecule has 0 unspecified atom stereocenters. The van der Waals surface area contributed by atoms with Gasteiger partial charge in [-0.2, -0.15) is 0 Å². The average molecular weight is 477 g/mol. The molecule has 0 spiro atoms. The fourth-order valence-corrected chi connectivity index (χ4v) is 5.67. The largest absolute Gasteiger partial charge is 0.0579 e. The van der Waals surface area contributed by atoms with Gasteiger partial charge in [-0.05, 0) is 66.0 Å². The molecule has 0 fully saturated rings. The van der Waals surface area contributed by atoms with Crippen LogP contribution in [-0.2, 0) is 32.5 Å². The van der Waals surface area contributed by atoms with E-state index >= 15 is 0 Å². The molecule has 2 aromatic rings. The van der Waals surface area contributed by atoms with Crippen molar-refractivity contribution in [2.75, 3.05) is 0 Å². The van der Waals surface area contributed by atoms with Crippen LogP contribution in [-0.4, -0.2) is 0 Å². The van der Waals surface area contributed by atoms with Gasteiger partial charge < -0.3 is 0 Å². The first-order valence-electron chi connectivity index (χ1n) is 13.6. The fourth-order valence-electron chi connectivity index (χ4n) is 5.67. The molecule has 0 aliphatic rings. The van der Waals surface area contributed by atoms with Crippen molar-refractivity contribution in [3.8, 4) is 0 Å². The second-order valence-electron chi connectivity index (χ2n) is 16.5. The lowest BCUT2D eigenvalue weighted by Crippen LogP contribution is -2.33. The molecule has 0 bridgehead atoms. The van der Waals surface area contributed by atoms with Gasteiger partial charge in [-0.3, -0.25) is 0 Å². The van der Waals surface area contributed by atoms with Crippen LogP contribution < -0.4 is 0 Å². The highest BCUT2D eigenvalue weighted by Crippen LogP contribution is 2.47. The Morgan fingerprint density at radius 2 is 0.686 bits per heavy atom. The summed E-state index contributed by atoms with van der Waals surface area (Å²) in [6.45, 7) is 40.3. The molecule has 2 rings (SSSR count). The van der Waals surface area contributed by atoms with Gasteiger partial charge in [0.05, 0.1) is 0 Å². The fraction of sp³-hybridized carbons (Fsp3) is 0.657. The molecule has 196 valence electrons. The number of hydrogen-bond acceptors (Lipinski definition) is 0. The summed E-state index contributed by atoms with van der Waals surface area (Å²) in [6, 6.07) is 12.2. The Bertz CT molecular complexity index is 1060. The second-order valence-corrected chi connectivity index (χ2v) is 16.5. The third-order valence-electron chi connectivity index (χ3n) is 7.54. The third-order valence-corrected chi connectivity index (χ3v) is 7.54. The van der Waals surface area contributed by atoms with Crippen molar-refractivity contribution in [1.82, 2.24) is 0 Å². The monoisotopic (exact) mass is 476 g/mol. The maximum atomic E-state index is 2.52. The molecular weight excluding hydrogens is 420 g/mol. The first-order chi connectivity index (χ1) is 15.3. The van der Waals surface area contributed by atoms with Gasteiger partial charge in [0, 0.05) is 5.41 Å². The Hall–Kier alpha value is -1.56. The number of hydrogen-bond donors (Lipinski definition) is 0. The van der Waals surface area contributed by atoms with Gasteiger partial charge in [-0.1, -0.05) is 148 Å². The zero-order valence-electron chi connectivity index (χ0n) is 26.4. The summed E-state index contributed by atoms with van der Waals surface area (Å²) in [7, 11) is 0. The van der Waals surface area contributed by atoms with Crippen molar-refractivity contribution in [3.63, 3.8) is 0 Å². The standard InChI is InChI=1S/C35H56/c1-30(2,3)24-19-18-23(22-27(24)32(7,8)9)35(16,17)26-21-20-25(31(4,5)6)28(33(10,11)12)29(26)34(13,14)15/h18-22H,1-17H3. The van der Waals surface area contributed by atoms with Crippen LogP contribution in [0, 0.1) is 0 Å². The van der Waals surface area contributed by atoms with Gasteiger partial charge >= 0.3 is 0 Å². The van der Waals surface area contributed by atoms with Gasteiger partial charge in [0.1, 0.15) is 0 Å². The minimum atomic E-state index is -0.116. The van der Waals surface area contributed by atoms with Crippen molar-refractivity contribution in [3.05, 3.63) is 69.3 Å². The lowest BCUT2D eigenvalue weighted by molar-refractivity contribution is 0.482. The van der Waals surface area contributed by atoms with Gasteiger partial charge in [0.25, 0.3) is 0 Å². The van der Waals surface area contributed by atoms with E-state index in [2.05, 4.69) is 148 Å². The Morgan fingerprint density at radius 3 is 1.06 bits per heavy atom. The average Bonchev–Trinajstić information content (AvgIpc) is 2.62. The molecule has 2 aromatic carbocycles. The quantitative estimate of drug-likeness (QED) is 0.404. The summed E-state index contributed by atoms with van der Waals surface area (Å²) < 4.78 is 0. The highest BCUT2D eigenvalue weighted by Gasteiger charge is 2.38. The van der Waals surface area contributed by atoms with Crippen LogP contribution in [0.4, 0.5) is 0 Å². The molecular formula is C35H56. The first kappa shape index (κ1) is 29.7. The van der Waals surface area contributed by atoms with Crippen LogP contribution >= 0.6 is 0 Å². The lowest BCUT2D eigenvalue weighted by atomic mass is 9.62. The van der Waals surface area contributed by atoms with Crippen LogP contribution in [0.3, 0.4) is 0 Å². The van der Waals surface area contributed by atoms with Crippen molar-refractivity contribution in [2.24, 2.45) is 0 Å². The zero-order chi connectivity index (χ0) is 27.6. The predicted molar refractivity (Wildman–Crippen MR) is 159 cm³/mol. The Labute approximate surface area is 219 Å².